The van der Waals surface area contributed by atoms with Gasteiger partial charge in [-0.1, -0.05) is 11.3 Å². The van der Waals surface area contributed by atoms with Crippen molar-refractivity contribution in [3.05, 3.63) is 28.3 Å². The Labute approximate surface area is 104 Å². The lowest BCUT2D eigenvalue weighted by molar-refractivity contribution is 0.411. The highest BCUT2D eigenvalue weighted by atomic mass is 32.1. The maximum Gasteiger partial charge on any atom is 0.148 e. The summed E-state index contributed by atoms with van der Waals surface area (Å²) in [5, 5.41) is 9.96. The molecule has 2 N–H and O–H groups in total. The third-order valence-corrected chi connectivity index (χ3v) is 3.59. The van der Waals surface area contributed by atoms with Crippen molar-refractivity contribution in [2.45, 2.75) is 20.4 Å². The lowest BCUT2D eigenvalue weighted by atomic mass is 10.1. The van der Waals surface area contributed by atoms with Gasteiger partial charge in [0.1, 0.15) is 15.8 Å². The molecule has 5 heteroatoms. The molecule has 90 valence electrons. The molecule has 0 aliphatic heterocycles. The third kappa shape index (κ3) is 2.30. The highest BCUT2D eigenvalue weighted by Gasteiger charge is 2.11. The molecule has 1 aromatic carbocycles. The zero-order valence-corrected chi connectivity index (χ0v) is 11.0. The number of hydrogen-bond acceptors (Lipinski definition) is 5. The molecule has 1 aromatic heterocycles. The third-order valence-electron chi connectivity index (χ3n) is 2.61. The van der Waals surface area contributed by atoms with E-state index >= 15 is 0 Å². The van der Waals surface area contributed by atoms with Crippen molar-refractivity contribution in [2.75, 3.05) is 7.11 Å². The van der Waals surface area contributed by atoms with E-state index < -0.39 is 0 Å². The first-order valence-electron chi connectivity index (χ1n) is 5.33. The van der Waals surface area contributed by atoms with E-state index in [1.807, 2.05) is 19.9 Å². The molecule has 0 bridgehead atoms. The first-order chi connectivity index (χ1) is 8.15. The monoisotopic (exact) mass is 249 g/mol. The smallest absolute Gasteiger partial charge is 0.148 e. The molecule has 17 heavy (non-hydrogen) atoms. The minimum absolute atomic E-state index is 0.436. The van der Waals surface area contributed by atoms with Gasteiger partial charge in [0.05, 0.1) is 7.11 Å². The minimum Gasteiger partial charge on any atom is -0.496 e. The van der Waals surface area contributed by atoms with Gasteiger partial charge in [0.15, 0.2) is 0 Å². The summed E-state index contributed by atoms with van der Waals surface area (Å²) in [5.41, 5.74) is 8.87. The Hall–Kier alpha value is -1.46. The van der Waals surface area contributed by atoms with Crippen LogP contribution in [-0.4, -0.2) is 17.3 Å². The highest BCUT2D eigenvalue weighted by molar-refractivity contribution is 7.14. The molecule has 0 aliphatic carbocycles. The summed E-state index contributed by atoms with van der Waals surface area (Å²) >= 11 is 1.53. The molecule has 0 aliphatic rings. The minimum atomic E-state index is 0.436. The molecule has 0 saturated heterocycles. The van der Waals surface area contributed by atoms with E-state index in [1.165, 1.54) is 11.3 Å². The molecule has 0 radical (unpaired) electrons. The van der Waals surface area contributed by atoms with Gasteiger partial charge >= 0.3 is 0 Å². The van der Waals surface area contributed by atoms with Gasteiger partial charge in [0.25, 0.3) is 0 Å². The van der Waals surface area contributed by atoms with Crippen molar-refractivity contribution in [1.82, 2.24) is 10.2 Å². The average molecular weight is 249 g/mol. The Balaban J connectivity index is 2.48. The van der Waals surface area contributed by atoms with Gasteiger partial charge in [-0.3, -0.25) is 0 Å². The zero-order valence-electron chi connectivity index (χ0n) is 10.2. The standard InChI is InChI=1S/C12H15N3OS/c1-7-5-10(16-3)8(2)4-9(7)12-15-14-11(6-13)17-12/h4-5H,6,13H2,1-3H3. The van der Waals surface area contributed by atoms with Crippen LogP contribution in [0.3, 0.4) is 0 Å². The SMILES string of the molecule is COc1cc(C)c(-c2nnc(CN)s2)cc1C. The van der Waals surface area contributed by atoms with Gasteiger partial charge in [-0.15, -0.1) is 10.2 Å². The van der Waals surface area contributed by atoms with Gasteiger partial charge in [0, 0.05) is 12.1 Å². The predicted molar refractivity (Wildman–Crippen MR) is 69.3 cm³/mol. The van der Waals surface area contributed by atoms with Crippen LogP contribution in [0.4, 0.5) is 0 Å². The molecule has 0 saturated carbocycles. The van der Waals surface area contributed by atoms with Crippen molar-refractivity contribution < 1.29 is 4.74 Å². The largest absolute Gasteiger partial charge is 0.496 e. The van der Waals surface area contributed by atoms with Crippen LogP contribution in [-0.2, 0) is 6.54 Å². The molecule has 0 fully saturated rings. The van der Waals surface area contributed by atoms with Crippen LogP contribution in [0.2, 0.25) is 0 Å². The van der Waals surface area contributed by atoms with Crippen molar-refractivity contribution in [1.29, 1.82) is 0 Å². The summed E-state index contributed by atoms with van der Waals surface area (Å²) in [4.78, 5) is 0. The molecule has 0 atom stereocenters. The number of nitrogens with zero attached hydrogens (tertiary/aromatic N) is 2. The van der Waals surface area contributed by atoms with Gasteiger partial charge < -0.3 is 10.5 Å². The summed E-state index contributed by atoms with van der Waals surface area (Å²) in [7, 11) is 1.68. The number of rotatable bonds is 3. The van der Waals surface area contributed by atoms with Crippen molar-refractivity contribution in [2.24, 2.45) is 5.73 Å². The van der Waals surface area contributed by atoms with E-state index in [0.29, 0.717) is 6.54 Å². The topological polar surface area (TPSA) is 61.0 Å². The summed E-state index contributed by atoms with van der Waals surface area (Å²) in [6.07, 6.45) is 0. The van der Waals surface area contributed by atoms with Crippen molar-refractivity contribution in [3.8, 4) is 16.3 Å². The molecule has 1 heterocycles. The summed E-state index contributed by atoms with van der Waals surface area (Å²) in [6.45, 7) is 4.50. The summed E-state index contributed by atoms with van der Waals surface area (Å²) < 4.78 is 5.29. The maximum atomic E-state index is 5.54. The second kappa shape index (κ2) is 4.81. The Kier molecular flexibility index (Phi) is 3.40. The van der Waals surface area contributed by atoms with E-state index in [4.69, 9.17) is 10.5 Å². The molecule has 4 nitrogen and oxygen atoms in total. The first kappa shape index (κ1) is 12.0. The predicted octanol–water partition coefficient (Wildman–Crippen LogP) is 2.29. The summed E-state index contributed by atoms with van der Waals surface area (Å²) in [6, 6.07) is 4.10. The number of methoxy groups -OCH3 is 1. The number of aryl methyl sites for hydroxylation is 2. The van der Waals surface area contributed by atoms with Gasteiger partial charge in [-0.2, -0.15) is 0 Å². The van der Waals surface area contributed by atoms with Crippen molar-refractivity contribution in [3.63, 3.8) is 0 Å². The number of benzene rings is 1. The molecule has 0 unspecified atom stereocenters. The lowest BCUT2D eigenvalue weighted by Crippen LogP contribution is -1.94. The van der Waals surface area contributed by atoms with E-state index in [-0.39, 0.29) is 0 Å². The zero-order chi connectivity index (χ0) is 12.4. The Bertz CT molecular complexity index is 537. The van der Waals surface area contributed by atoms with Crippen LogP contribution in [0.15, 0.2) is 12.1 Å². The molecule has 0 amide bonds. The van der Waals surface area contributed by atoms with Crippen molar-refractivity contribution >= 4 is 11.3 Å². The van der Waals surface area contributed by atoms with Gasteiger partial charge in [-0.25, -0.2) is 0 Å². The van der Waals surface area contributed by atoms with Crippen LogP contribution in [0.5, 0.6) is 5.75 Å². The van der Waals surface area contributed by atoms with E-state index in [2.05, 4.69) is 16.3 Å². The number of ether oxygens (including phenoxy) is 1. The van der Waals surface area contributed by atoms with E-state index in [0.717, 1.165) is 32.5 Å². The van der Waals surface area contributed by atoms with Gasteiger partial charge in [0.2, 0.25) is 0 Å². The first-order valence-corrected chi connectivity index (χ1v) is 6.15. The average Bonchev–Trinajstić information content (AvgIpc) is 2.80. The van der Waals surface area contributed by atoms with Crippen LogP contribution in [0.1, 0.15) is 16.1 Å². The Morgan fingerprint density at radius 3 is 2.59 bits per heavy atom. The number of aromatic nitrogens is 2. The van der Waals surface area contributed by atoms with E-state index in [1.54, 1.807) is 7.11 Å². The van der Waals surface area contributed by atoms with Crippen LogP contribution in [0, 0.1) is 13.8 Å². The van der Waals surface area contributed by atoms with Crippen LogP contribution >= 0.6 is 11.3 Å². The Morgan fingerprint density at radius 2 is 2.00 bits per heavy atom. The lowest BCUT2D eigenvalue weighted by Gasteiger charge is -2.08. The fourth-order valence-electron chi connectivity index (χ4n) is 1.68. The highest BCUT2D eigenvalue weighted by Crippen LogP contribution is 2.31. The maximum absolute atomic E-state index is 5.54. The Morgan fingerprint density at radius 1 is 1.24 bits per heavy atom. The summed E-state index contributed by atoms with van der Waals surface area (Å²) in [5.74, 6) is 0.898. The fourth-order valence-corrected chi connectivity index (χ4v) is 2.48. The molecule has 0 spiro atoms. The molecule has 2 rings (SSSR count). The molecular formula is C12H15N3OS. The number of nitrogens with two attached hydrogens (primary N) is 1. The second-order valence-electron chi connectivity index (χ2n) is 3.84. The van der Waals surface area contributed by atoms with Gasteiger partial charge in [-0.05, 0) is 37.1 Å². The van der Waals surface area contributed by atoms with E-state index in [9.17, 15) is 0 Å². The molecule has 2 aromatic rings. The quantitative estimate of drug-likeness (QED) is 0.906. The fraction of sp³-hybridized carbons (Fsp3) is 0.333. The second-order valence-corrected chi connectivity index (χ2v) is 4.90. The number of hydrogen-bond donors (Lipinski definition) is 1. The van der Waals surface area contributed by atoms with Crippen LogP contribution < -0.4 is 10.5 Å². The molecular weight excluding hydrogens is 234 g/mol. The van der Waals surface area contributed by atoms with Crippen LogP contribution in [0.25, 0.3) is 10.6 Å². The normalized spacial score (nSPS) is 10.6.